The fraction of sp³-hybridized carbons (Fsp3) is 0.450. The van der Waals surface area contributed by atoms with Gasteiger partial charge in [-0.1, -0.05) is 19.3 Å². The summed E-state index contributed by atoms with van der Waals surface area (Å²) in [6.45, 7) is -1.74. The van der Waals surface area contributed by atoms with E-state index in [1.54, 1.807) is 6.92 Å². The van der Waals surface area contributed by atoms with Crippen molar-refractivity contribution in [3.05, 3.63) is 35.2 Å². The van der Waals surface area contributed by atoms with E-state index in [0.29, 0.717) is 11.8 Å². The van der Waals surface area contributed by atoms with Crippen molar-refractivity contribution in [1.82, 2.24) is 15.2 Å². The van der Waals surface area contributed by atoms with Crippen LogP contribution in [-0.2, 0) is 6.18 Å². The van der Waals surface area contributed by atoms with E-state index < -0.39 is 24.1 Å². The van der Waals surface area contributed by atoms with Gasteiger partial charge in [-0.3, -0.25) is 0 Å². The molecule has 0 atom stereocenters. The number of allylic oxidation sites excluding steroid dienone is 1. The molecule has 0 aliphatic heterocycles. The molecule has 0 radical (unpaired) electrons. The molecule has 1 heterocycles. The second-order valence-corrected chi connectivity index (χ2v) is 7.32. The van der Waals surface area contributed by atoms with Gasteiger partial charge in [-0.2, -0.15) is 22.0 Å². The quantitative estimate of drug-likeness (QED) is 0.595. The molecule has 11 heteroatoms. The Morgan fingerprint density at radius 1 is 1.19 bits per heavy atom. The maximum atomic E-state index is 13.0. The van der Waals surface area contributed by atoms with Gasteiger partial charge in [-0.25, -0.2) is 4.98 Å². The lowest BCUT2D eigenvalue weighted by atomic mass is 9.96. The van der Waals surface area contributed by atoms with Crippen LogP contribution in [0.2, 0.25) is 0 Å². The van der Waals surface area contributed by atoms with Crippen LogP contribution in [-0.4, -0.2) is 27.8 Å². The molecule has 0 spiro atoms. The molecule has 2 aromatic rings. The zero-order chi connectivity index (χ0) is 22.6. The molecule has 0 bridgehead atoms. The molecule has 1 aliphatic carbocycles. The van der Waals surface area contributed by atoms with Crippen LogP contribution in [0.15, 0.2) is 23.9 Å². The van der Waals surface area contributed by atoms with Crippen molar-refractivity contribution in [1.29, 1.82) is 0 Å². The van der Waals surface area contributed by atoms with Gasteiger partial charge in [-0.05, 0) is 44.0 Å². The van der Waals surface area contributed by atoms with E-state index in [-0.39, 0.29) is 28.9 Å². The second-order valence-electron chi connectivity index (χ2n) is 7.32. The van der Waals surface area contributed by atoms with E-state index in [4.69, 9.17) is 5.73 Å². The zero-order valence-electron chi connectivity index (χ0n) is 16.7. The van der Waals surface area contributed by atoms with Crippen molar-refractivity contribution in [2.45, 2.75) is 57.9 Å². The number of anilines is 1. The van der Waals surface area contributed by atoms with Gasteiger partial charge in [0.15, 0.2) is 0 Å². The molecule has 3 N–H and O–H groups in total. The van der Waals surface area contributed by atoms with Gasteiger partial charge in [-0.15, -0.1) is 10.2 Å². The summed E-state index contributed by atoms with van der Waals surface area (Å²) in [7, 11) is 0. The van der Waals surface area contributed by atoms with E-state index in [0.717, 1.165) is 44.2 Å². The Morgan fingerprint density at radius 2 is 1.90 bits per heavy atom. The lowest BCUT2D eigenvalue weighted by molar-refractivity contribution is -0.138. The van der Waals surface area contributed by atoms with Gasteiger partial charge in [0.1, 0.15) is 11.4 Å². The molecule has 1 saturated carbocycles. The molecule has 0 saturated heterocycles. The first-order valence-electron chi connectivity index (χ1n) is 9.75. The van der Waals surface area contributed by atoms with Crippen LogP contribution in [0.4, 0.5) is 27.9 Å². The van der Waals surface area contributed by atoms with Crippen molar-refractivity contribution >= 4 is 12.0 Å². The van der Waals surface area contributed by atoms with Gasteiger partial charge in [0.05, 0.1) is 11.3 Å². The highest BCUT2D eigenvalue weighted by Gasteiger charge is 2.32. The molecule has 6 nitrogen and oxygen atoms in total. The first kappa shape index (κ1) is 22.7. The minimum absolute atomic E-state index is 0.0247. The minimum atomic E-state index is -4.73. The normalized spacial score (nSPS) is 15.9. The van der Waals surface area contributed by atoms with E-state index in [1.165, 1.54) is 6.08 Å². The maximum absolute atomic E-state index is 13.0. The Morgan fingerprint density at radius 3 is 2.52 bits per heavy atom. The fourth-order valence-electron chi connectivity index (χ4n) is 3.42. The number of halogens is 5. The summed E-state index contributed by atoms with van der Waals surface area (Å²) < 4.78 is 69.3. The lowest BCUT2D eigenvalue weighted by Crippen LogP contribution is -2.24. The number of hydrogen-bond donors (Lipinski definition) is 2. The SMILES string of the molecule is CC(N)=Cc1nc(NC2CCCCC2)nnc1-c1ccc(C(F)(F)F)cc1OC(F)F. The Kier molecular flexibility index (Phi) is 6.91. The van der Waals surface area contributed by atoms with Crippen molar-refractivity contribution < 1.29 is 26.7 Å². The van der Waals surface area contributed by atoms with Crippen LogP contribution < -0.4 is 15.8 Å². The van der Waals surface area contributed by atoms with Crippen LogP contribution in [0.3, 0.4) is 0 Å². The van der Waals surface area contributed by atoms with Gasteiger partial charge in [0.25, 0.3) is 0 Å². The fourth-order valence-corrected chi connectivity index (χ4v) is 3.42. The van der Waals surface area contributed by atoms with Gasteiger partial charge in [0, 0.05) is 17.3 Å². The molecule has 31 heavy (non-hydrogen) atoms. The summed E-state index contributed by atoms with van der Waals surface area (Å²) in [6.07, 6.45) is 1.95. The number of nitrogens with one attached hydrogen (secondary N) is 1. The maximum Gasteiger partial charge on any atom is 0.416 e. The standard InChI is InChI=1S/C20H22F5N5O/c1-11(26)9-15-17(29-30-19(28-15)27-13-5-3-2-4-6-13)14-8-7-12(20(23,24)25)10-16(14)31-18(21)22/h7-10,13,18H,2-6,26H2,1H3,(H,27,28,30). The summed E-state index contributed by atoms with van der Waals surface area (Å²) >= 11 is 0. The zero-order valence-corrected chi connectivity index (χ0v) is 16.7. The summed E-state index contributed by atoms with van der Waals surface area (Å²) in [5, 5.41) is 11.2. The highest BCUT2D eigenvalue weighted by Crippen LogP contribution is 2.38. The number of rotatable bonds is 6. The number of alkyl halides is 5. The number of nitrogens with zero attached hydrogens (tertiary/aromatic N) is 3. The predicted octanol–water partition coefficient (Wildman–Crippen LogP) is 5.22. The van der Waals surface area contributed by atoms with Crippen LogP contribution in [0.1, 0.15) is 50.3 Å². The third-order valence-corrected chi connectivity index (χ3v) is 4.80. The largest absolute Gasteiger partial charge is 0.434 e. The topological polar surface area (TPSA) is 86.0 Å². The van der Waals surface area contributed by atoms with Crippen molar-refractivity contribution in [2.24, 2.45) is 5.73 Å². The average molecular weight is 443 g/mol. The third-order valence-electron chi connectivity index (χ3n) is 4.80. The van der Waals surface area contributed by atoms with Crippen molar-refractivity contribution in [2.75, 3.05) is 5.32 Å². The Bertz CT molecular complexity index is 938. The van der Waals surface area contributed by atoms with E-state index in [2.05, 4.69) is 25.2 Å². The van der Waals surface area contributed by atoms with Crippen LogP contribution in [0.25, 0.3) is 17.3 Å². The third kappa shape index (κ3) is 6.02. The molecule has 3 rings (SSSR count). The molecule has 1 aromatic heterocycles. The van der Waals surface area contributed by atoms with Crippen LogP contribution in [0.5, 0.6) is 5.75 Å². The predicted molar refractivity (Wildman–Crippen MR) is 105 cm³/mol. The number of nitrogens with two attached hydrogens (primary N) is 1. The molecular weight excluding hydrogens is 421 g/mol. The summed E-state index contributed by atoms with van der Waals surface area (Å²) in [5.74, 6) is -0.454. The Balaban J connectivity index is 2.04. The second kappa shape index (κ2) is 9.44. The minimum Gasteiger partial charge on any atom is -0.434 e. The number of ether oxygens (including phenoxy) is 1. The van der Waals surface area contributed by atoms with Gasteiger partial charge in [0.2, 0.25) is 5.95 Å². The van der Waals surface area contributed by atoms with Gasteiger partial charge < -0.3 is 15.8 Å². The van der Waals surface area contributed by atoms with Gasteiger partial charge >= 0.3 is 12.8 Å². The molecular formula is C20H22F5N5O. The summed E-state index contributed by atoms with van der Waals surface area (Å²) in [5.41, 5.74) is 5.01. The Hall–Kier alpha value is -2.98. The molecule has 168 valence electrons. The number of hydrogen-bond acceptors (Lipinski definition) is 6. The van der Waals surface area contributed by atoms with Crippen molar-refractivity contribution in [3.8, 4) is 17.0 Å². The number of benzene rings is 1. The molecule has 1 aliphatic rings. The Labute approximate surface area is 175 Å². The van der Waals surface area contributed by atoms with Crippen LogP contribution in [0, 0.1) is 0 Å². The van der Waals surface area contributed by atoms with E-state index in [9.17, 15) is 22.0 Å². The highest BCUT2D eigenvalue weighted by molar-refractivity contribution is 5.75. The molecule has 0 amide bonds. The summed E-state index contributed by atoms with van der Waals surface area (Å²) in [4.78, 5) is 4.37. The summed E-state index contributed by atoms with van der Waals surface area (Å²) in [6, 6.07) is 2.44. The first-order valence-corrected chi connectivity index (χ1v) is 9.75. The van der Waals surface area contributed by atoms with E-state index >= 15 is 0 Å². The van der Waals surface area contributed by atoms with Crippen LogP contribution >= 0.6 is 0 Å². The van der Waals surface area contributed by atoms with E-state index in [1.807, 2.05) is 0 Å². The highest BCUT2D eigenvalue weighted by atomic mass is 19.4. The molecule has 1 aromatic carbocycles. The molecule has 0 unspecified atom stereocenters. The number of aromatic nitrogens is 3. The lowest BCUT2D eigenvalue weighted by Gasteiger charge is -2.22. The van der Waals surface area contributed by atoms with Crippen molar-refractivity contribution in [3.63, 3.8) is 0 Å². The molecule has 1 fully saturated rings. The average Bonchev–Trinajstić information content (AvgIpc) is 2.68. The first-order chi connectivity index (χ1) is 14.6. The smallest absolute Gasteiger partial charge is 0.416 e. The monoisotopic (exact) mass is 443 g/mol.